The van der Waals surface area contributed by atoms with Gasteiger partial charge in [0.1, 0.15) is 11.3 Å². The van der Waals surface area contributed by atoms with Gasteiger partial charge in [-0.25, -0.2) is 4.39 Å². The van der Waals surface area contributed by atoms with E-state index in [2.05, 4.69) is 0 Å². The van der Waals surface area contributed by atoms with E-state index < -0.39 is 24.6 Å². The number of para-hydroxylation sites is 1. The number of hydrogen-bond donors (Lipinski definition) is 2. The van der Waals surface area contributed by atoms with Crippen LogP contribution in [-0.4, -0.2) is 37.5 Å². The van der Waals surface area contributed by atoms with Crippen molar-refractivity contribution in [3.05, 3.63) is 125 Å². The number of carbonyl (C=O) groups is 1. The van der Waals surface area contributed by atoms with Crippen LogP contribution in [0.1, 0.15) is 44.8 Å². The molecule has 0 spiro atoms. The fourth-order valence-corrected chi connectivity index (χ4v) is 6.65. The molecule has 0 bridgehead atoms. The number of aromatic nitrogens is 2. The van der Waals surface area contributed by atoms with Crippen molar-refractivity contribution in [3.63, 3.8) is 0 Å². The first kappa shape index (κ1) is 35.3. The standard InChI is InChI=1S/C39H37FN2O5.Na/c1-24(2)41-34(21-20-30(43)22-31(44)23-35(45)46)36(27-12-16-28(40)17-13-27)37-32-10-6-7-11-33(32)42(39(47)38(37)41)29-18-14-26(15-19-29)25-8-4-3-5-9-25;/h3-19,24,30-31,43-44H,20-23H2,1-2H3,(H,45,46);/q;+1/p-1/t30-,31-;/m1./s1. The predicted octanol–water partition coefficient (Wildman–Crippen LogP) is 3.19. The van der Waals surface area contributed by atoms with Gasteiger partial charge in [-0.05, 0) is 80.1 Å². The van der Waals surface area contributed by atoms with E-state index in [1.807, 2.05) is 97.3 Å². The van der Waals surface area contributed by atoms with Crippen LogP contribution in [0.15, 0.2) is 108 Å². The minimum atomic E-state index is -1.39. The molecular weight excluding hydrogens is 618 g/mol. The smallest absolute Gasteiger partial charge is 0.550 e. The van der Waals surface area contributed by atoms with Gasteiger partial charge in [-0.1, -0.05) is 72.8 Å². The Balaban J connectivity index is 0.00000451. The van der Waals surface area contributed by atoms with Crippen LogP contribution in [0.25, 0.3) is 49.7 Å². The summed E-state index contributed by atoms with van der Waals surface area (Å²) in [4.78, 5) is 25.7. The number of fused-ring (bicyclic) bond motifs is 3. The number of carboxylic acids is 1. The number of halogens is 1. The molecule has 2 N–H and O–H groups in total. The molecule has 0 saturated carbocycles. The first-order valence-corrected chi connectivity index (χ1v) is 15.8. The van der Waals surface area contributed by atoms with Crippen molar-refractivity contribution in [2.24, 2.45) is 0 Å². The Morgan fingerprint density at radius 1 is 0.812 bits per heavy atom. The molecule has 48 heavy (non-hydrogen) atoms. The molecule has 2 heterocycles. The van der Waals surface area contributed by atoms with Gasteiger partial charge in [0.2, 0.25) is 0 Å². The first-order chi connectivity index (χ1) is 22.6. The second kappa shape index (κ2) is 15.0. The largest absolute Gasteiger partial charge is 1.00 e. The van der Waals surface area contributed by atoms with Crippen LogP contribution in [0.4, 0.5) is 4.39 Å². The molecular formula is C39H36FN2NaO5. The minimum absolute atomic E-state index is 0. The monoisotopic (exact) mass is 654 g/mol. The third-order valence-electron chi connectivity index (χ3n) is 8.67. The number of rotatable bonds is 11. The van der Waals surface area contributed by atoms with Gasteiger partial charge in [-0.15, -0.1) is 0 Å². The zero-order valence-corrected chi connectivity index (χ0v) is 29.3. The van der Waals surface area contributed by atoms with E-state index >= 15 is 0 Å². The zero-order valence-electron chi connectivity index (χ0n) is 27.3. The number of hydrogen-bond acceptors (Lipinski definition) is 5. The summed E-state index contributed by atoms with van der Waals surface area (Å²) in [6.45, 7) is 3.98. The van der Waals surface area contributed by atoms with Gasteiger partial charge in [-0.3, -0.25) is 9.36 Å². The normalized spacial score (nSPS) is 12.7. The number of carboxylic acid groups (broad SMARTS) is 1. The molecule has 0 fully saturated rings. The van der Waals surface area contributed by atoms with Crippen molar-refractivity contribution in [2.45, 2.75) is 57.8 Å². The summed E-state index contributed by atoms with van der Waals surface area (Å²) in [6.07, 6.45) is -2.42. The molecule has 0 saturated heterocycles. The van der Waals surface area contributed by atoms with Crippen molar-refractivity contribution in [3.8, 4) is 27.9 Å². The third-order valence-corrected chi connectivity index (χ3v) is 8.67. The molecule has 9 heteroatoms. The van der Waals surface area contributed by atoms with Gasteiger partial charge in [-0.2, -0.15) is 0 Å². The van der Waals surface area contributed by atoms with E-state index in [0.717, 1.165) is 44.2 Å². The van der Waals surface area contributed by atoms with Crippen LogP contribution in [0, 0.1) is 5.82 Å². The van der Waals surface area contributed by atoms with Gasteiger partial charge >= 0.3 is 29.6 Å². The minimum Gasteiger partial charge on any atom is -0.550 e. The molecule has 2 aromatic heterocycles. The number of aliphatic carboxylic acids is 1. The van der Waals surface area contributed by atoms with Gasteiger partial charge in [0.05, 0.1) is 17.7 Å². The molecule has 2 atom stereocenters. The molecule has 0 aliphatic rings. The van der Waals surface area contributed by atoms with E-state index in [1.54, 1.807) is 16.7 Å². The third kappa shape index (κ3) is 7.04. The second-order valence-electron chi connectivity index (χ2n) is 12.2. The van der Waals surface area contributed by atoms with Gasteiger partial charge in [0.15, 0.2) is 0 Å². The summed E-state index contributed by atoms with van der Waals surface area (Å²) in [6, 6.07) is 31.7. The fraction of sp³-hybridized carbons (Fsp3) is 0.231. The zero-order chi connectivity index (χ0) is 33.2. The van der Waals surface area contributed by atoms with Crippen molar-refractivity contribution < 1.29 is 54.1 Å². The van der Waals surface area contributed by atoms with E-state index in [9.17, 15) is 29.3 Å². The van der Waals surface area contributed by atoms with Crippen LogP contribution in [0.5, 0.6) is 0 Å². The molecule has 240 valence electrons. The maximum absolute atomic E-state index is 14.8. The number of aliphatic hydroxyl groups excluding tert-OH is 2. The predicted molar refractivity (Wildman–Crippen MR) is 181 cm³/mol. The Labute approximate surface area is 300 Å². The summed E-state index contributed by atoms with van der Waals surface area (Å²) < 4.78 is 17.9. The first-order valence-electron chi connectivity index (χ1n) is 15.8. The molecule has 0 aliphatic carbocycles. The SMILES string of the molecule is CC(C)n1c(CC[C@@H](O)C[C@@H](O)CC(=O)[O-])c(-c2ccc(F)cc2)c2c3ccccc3n(-c3ccc(-c4ccccc4)cc3)c(=O)c21.[Na+]. The number of aliphatic hydroxyl groups is 2. The summed E-state index contributed by atoms with van der Waals surface area (Å²) >= 11 is 0. The number of benzene rings is 4. The van der Waals surface area contributed by atoms with E-state index in [4.69, 9.17) is 0 Å². The van der Waals surface area contributed by atoms with Crippen molar-refractivity contribution in [1.82, 2.24) is 9.13 Å². The molecule has 0 aliphatic heterocycles. The van der Waals surface area contributed by atoms with E-state index in [1.165, 1.54) is 12.1 Å². The topological polar surface area (TPSA) is 108 Å². The Hall–Kier alpha value is -4.05. The van der Waals surface area contributed by atoms with Crippen LogP contribution in [0.3, 0.4) is 0 Å². The molecule has 0 radical (unpaired) electrons. The summed E-state index contributed by atoms with van der Waals surface area (Å²) in [5, 5.41) is 33.5. The van der Waals surface area contributed by atoms with E-state index in [0.29, 0.717) is 17.6 Å². The molecule has 0 unspecified atom stereocenters. The van der Waals surface area contributed by atoms with Crippen LogP contribution < -0.4 is 40.2 Å². The summed E-state index contributed by atoms with van der Waals surface area (Å²) in [7, 11) is 0. The van der Waals surface area contributed by atoms with E-state index in [-0.39, 0.29) is 59.8 Å². The Bertz CT molecular complexity index is 2110. The number of pyridine rings is 1. The average Bonchev–Trinajstić information content (AvgIpc) is 3.40. The number of carbonyl (C=O) groups excluding carboxylic acids is 1. The second-order valence-corrected chi connectivity index (χ2v) is 12.2. The summed E-state index contributed by atoms with van der Waals surface area (Å²) in [5.41, 5.74) is 6.11. The fourth-order valence-electron chi connectivity index (χ4n) is 6.65. The average molecular weight is 655 g/mol. The van der Waals surface area contributed by atoms with Gasteiger partial charge in [0.25, 0.3) is 5.56 Å². The van der Waals surface area contributed by atoms with Crippen molar-refractivity contribution in [2.75, 3.05) is 0 Å². The molecule has 6 rings (SSSR count). The number of nitrogens with zero attached hydrogens (tertiary/aromatic N) is 2. The summed E-state index contributed by atoms with van der Waals surface area (Å²) in [5.74, 6) is -1.77. The molecule has 6 aromatic rings. The van der Waals surface area contributed by atoms with Gasteiger partial charge in [0, 0.05) is 46.1 Å². The molecule has 4 aromatic carbocycles. The van der Waals surface area contributed by atoms with Crippen LogP contribution in [0.2, 0.25) is 0 Å². The van der Waals surface area contributed by atoms with Gasteiger partial charge < -0.3 is 24.7 Å². The van der Waals surface area contributed by atoms with Crippen molar-refractivity contribution >= 4 is 27.8 Å². The van der Waals surface area contributed by atoms with Crippen LogP contribution >= 0.6 is 0 Å². The molecule has 0 amide bonds. The maximum atomic E-state index is 14.8. The Kier molecular flexibility index (Phi) is 11.0. The Morgan fingerprint density at radius 2 is 1.42 bits per heavy atom. The van der Waals surface area contributed by atoms with Crippen molar-refractivity contribution in [1.29, 1.82) is 0 Å². The maximum Gasteiger partial charge on any atom is 1.00 e. The van der Waals surface area contributed by atoms with Crippen LogP contribution in [-0.2, 0) is 11.2 Å². The quantitative estimate of drug-likeness (QED) is 0.209. The Morgan fingerprint density at radius 3 is 2.06 bits per heavy atom. The molecule has 7 nitrogen and oxygen atoms in total.